The third-order valence-electron chi connectivity index (χ3n) is 6.47. The van der Waals surface area contributed by atoms with E-state index in [0.29, 0.717) is 44.3 Å². The second kappa shape index (κ2) is 16.3. The predicted octanol–water partition coefficient (Wildman–Crippen LogP) is 7.16. The quantitative estimate of drug-likeness (QED) is 0.120. The van der Waals surface area contributed by atoms with E-state index < -0.39 is 12.2 Å². The molecule has 0 aliphatic carbocycles. The van der Waals surface area contributed by atoms with Crippen LogP contribution in [0.4, 0.5) is 22.7 Å². The zero-order valence-corrected chi connectivity index (χ0v) is 26.5. The SMILES string of the molecule is CC(Oc1ccccc1Cl)C(=O)Nc1ccc(NC(=O)CCC(=O)Nc2ccc(NC(=O)C(C)Oc3ccccc3Cl)cc2)cc1. The van der Waals surface area contributed by atoms with E-state index in [1.54, 1.807) is 111 Å². The van der Waals surface area contributed by atoms with Gasteiger partial charge in [0, 0.05) is 35.6 Å². The molecule has 4 aromatic carbocycles. The molecule has 0 aromatic heterocycles. The number of amides is 4. The van der Waals surface area contributed by atoms with Crippen LogP contribution in [0.15, 0.2) is 97.1 Å². The molecular formula is C34H32Cl2N4O6. The van der Waals surface area contributed by atoms with Gasteiger partial charge in [-0.05, 0) is 86.6 Å². The van der Waals surface area contributed by atoms with E-state index in [4.69, 9.17) is 32.7 Å². The summed E-state index contributed by atoms with van der Waals surface area (Å²) in [6.07, 6.45) is -1.67. The molecule has 0 saturated carbocycles. The Morgan fingerprint density at radius 3 is 1.15 bits per heavy atom. The number of carbonyl (C=O) groups is 4. The minimum absolute atomic E-state index is 0.0430. The third-order valence-corrected chi connectivity index (χ3v) is 7.10. The van der Waals surface area contributed by atoms with E-state index >= 15 is 0 Å². The van der Waals surface area contributed by atoms with Crippen LogP contribution in [0.3, 0.4) is 0 Å². The Bertz CT molecular complexity index is 1560. The fraction of sp³-hybridized carbons (Fsp3) is 0.176. The van der Waals surface area contributed by atoms with Crippen molar-refractivity contribution in [3.8, 4) is 11.5 Å². The zero-order valence-electron chi connectivity index (χ0n) is 25.0. The van der Waals surface area contributed by atoms with Crippen molar-refractivity contribution in [1.82, 2.24) is 0 Å². The largest absolute Gasteiger partial charge is 0.479 e. The van der Waals surface area contributed by atoms with Crippen molar-refractivity contribution >= 4 is 69.6 Å². The summed E-state index contributed by atoms with van der Waals surface area (Å²) in [5.74, 6) is -0.611. The molecule has 2 atom stereocenters. The van der Waals surface area contributed by atoms with Crippen molar-refractivity contribution in [1.29, 1.82) is 0 Å². The summed E-state index contributed by atoms with van der Waals surface area (Å²) in [5, 5.41) is 11.8. The highest BCUT2D eigenvalue weighted by molar-refractivity contribution is 6.32. The molecule has 0 saturated heterocycles. The summed E-state index contributed by atoms with van der Waals surface area (Å²) in [5.41, 5.74) is 2.05. The lowest BCUT2D eigenvalue weighted by atomic mass is 10.2. The summed E-state index contributed by atoms with van der Waals surface area (Å²) >= 11 is 12.2. The van der Waals surface area contributed by atoms with E-state index in [0.717, 1.165) is 0 Å². The van der Waals surface area contributed by atoms with Gasteiger partial charge in [0.2, 0.25) is 11.8 Å². The molecule has 12 heteroatoms. The maximum absolute atomic E-state index is 12.5. The van der Waals surface area contributed by atoms with Crippen LogP contribution in [-0.2, 0) is 19.2 Å². The van der Waals surface area contributed by atoms with Crippen LogP contribution in [-0.4, -0.2) is 35.8 Å². The smallest absolute Gasteiger partial charge is 0.265 e. The van der Waals surface area contributed by atoms with Crippen LogP contribution in [0, 0.1) is 0 Å². The van der Waals surface area contributed by atoms with Crippen LogP contribution in [0.5, 0.6) is 11.5 Å². The number of ether oxygens (including phenoxy) is 2. The summed E-state index contributed by atoms with van der Waals surface area (Å²) in [6.45, 7) is 3.22. The molecule has 4 rings (SSSR count). The van der Waals surface area contributed by atoms with Crippen molar-refractivity contribution < 1.29 is 28.7 Å². The first-order valence-electron chi connectivity index (χ1n) is 14.3. The number of anilines is 4. The van der Waals surface area contributed by atoms with Crippen LogP contribution < -0.4 is 30.7 Å². The van der Waals surface area contributed by atoms with Gasteiger partial charge in [-0.25, -0.2) is 0 Å². The topological polar surface area (TPSA) is 135 Å². The minimum atomic E-state index is -0.793. The molecule has 2 unspecified atom stereocenters. The average molecular weight is 664 g/mol. The number of nitrogens with one attached hydrogen (secondary N) is 4. The van der Waals surface area contributed by atoms with Gasteiger partial charge in [0.25, 0.3) is 11.8 Å². The van der Waals surface area contributed by atoms with Gasteiger partial charge >= 0.3 is 0 Å². The van der Waals surface area contributed by atoms with Crippen molar-refractivity contribution in [2.75, 3.05) is 21.3 Å². The number of para-hydroxylation sites is 2. The van der Waals surface area contributed by atoms with E-state index in [2.05, 4.69) is 21.3 Å². The highest BCUT2D eigenvalue weighted by Crippen LogP contribution is 2.26. The molecule has 0 radical (unpaired) electrons. The van der Waals surface area contributed by atoms with Gasteiger partial charge in [-0.2, -0.15) is 0 Å². The van der Waals surface area contributed by atoms with Crippen molar-refractivity contribution in [2.24, 2.45) is 0 Å². The zero-order chi connectivity index (χ0) is 33.1. The Kier molecular flexibility index (Phi) is 12.0. The maximum atomic E-state index is 12.5. The Morgan fingerprint density at radius 1 is 0.522 bits per heavy atom. The van der Waals surface area contributed by atoms with Gasteiger partial charge < -0.3 is 30.7 Å². The van der Waals surface area contributed by atoms with Crippen molar-refractivity contribution in [3.05, 3.63) is 107 Å². The second-order valence-electron chi connectivity index (χ2n) is 10.1. The molecule has 4 N–H and O–H groups in total. The van der Waals surface area contributed by atoms with Gasteiger partial charge in [-0.3, -0.25) is 19.2 Å². The van der Waals surface area contributed by atoms with Crippen LogP contribution >= 0.6 is 23.2 Å². The Morgan fingerprint density at radius 2 is 0.826 bits per heavy atom. The Balaban J connectivity index is 1.16. The number of halogens is 2. The normalized spacial score (nSPS) is 11.8. The first kappa shape index (κ1) is 33.8. The molecule has 10 nitrogen and oxygen atoms in total. The first-order chi connectivity index (χ1) is 22.1. The number of rotatable bonds is 13. The van der Waals surface area contributed by atoms with Crippen LogP contribution in [0.2, 0.25) is 10.0 Å². The molecule has 0 aliphatic rings. The maximum Gasteiger partial charge on any atom is 0.265 e. The standard InChI is InChI=1S/C34H32Cl2N4O6/c1-21(45-29-9-5-3-7-27(29)35)33(43)39-25-15-11-23(12-16-25)37-31(41)19-20-32(42)38-24-13-17-26(18-14-24)40-34(44)22(2)46-30-10-6-4-8-28(30)36/h3-18,21-22H,19-20H2,1-2H3,(H,37,41)(H,38,42)(H,39,43)(H,40,44). The van der Waals surface area contributed by atoms with Gasteiger partial charge in [0.1, 0.15) is 11.5 Å². The average Bonchev–Trinajstić information content (AvgIpc) is 3.04. The van der Waals surface area contributed by atoms with Gasteiger partial charge in [0.15, 0.2) is 12.2 Å². The molecule has 0 bridgehead atoms. The van der Waals surface area contributed by atoms with E-state index in [1.807, 2.05) is 0 Å². The fourth-order valence-electron chi connectivity index (χ4n) is 4.00. The first-order valence-corrected chi connectivity index (χ1v) is 15.1. The summed E-state index contributed by atoms with van der Waals surface area (Å²) < 4.78 is 11.3. The van der Waals surface area contributed by atoms with Crippen molar-refractivity contribution in [3.63, 3.8) is 0 Å². The lowest BCUT2D eigenvalue weighted by Crippen LogP contribution is -2.30. The molecule has 238 valence electrons. The van der Waals surface area contributed by atoms with Gasteiger partial charge in [-0.15, -0.1) is 0 Å². The number of benzene rings is 4. The summed E-state index contributed by atoms with van der Waals surface area (Å²) in [7, 11) is 0. The van der Waals surface area contributed by atoms with E-state index in [9.17, 15) is 19.2 Å². The highest BCUT2D eigenvalue weighted by atomic mass is 35.5. The molecule has 4 amide bonds. The van der Waals surface area contributed by atoms with Gasteiger partial charge in [-0.1, -0.05) is 47.5 Å². The fourth-order valence-corrected chi connectivity index (χ4v) is 4.36. The molecule has 0 fully saturated rings. The van der Waals surface area contributed by atoms with Crippen LogP contribution in [0.25, 0.3) is 0 Å². The molecule has 0 heterocycles. The molecule has 46 heavy (non-hydrogen) atoms. The van der Waals surface area contributed by atoms with Crippen molar-refractivity contribution in [2.45, 2.75) is 38.9 Å². The highest BCUT2D eigenvalue weighted by Gasteiger charge is 2.18. The number of hydrogen-bond acceptors (Lipinski definition) is 6. The Labute approximate surface area is 276 Å². The van der Waals surface area contributed by atoms with E-state index in [-0.39, 0.29) is 36.5 Å². The second-order valence-corrected chi connectivity index (χ2v) is 10.9. The summed E-state index contributed by atoms with van der Waals surface area (Å²) in [4.78, 5) is 49.8. The molecule has 0 spiro atoms. The molecular weight excluding hydrogens is 631 g/mol. The molecule has 0 aliphatic heterocycles. The summed E-state index contributed by atoms with van der Waals surface area (Å²) in [6, 6.07) is 26.9. The Hall–Kier alpha value is -5.06. The van der Waals surface area contributed by atoms with Gasteiger partial charge in [0.05, 0.1) is 10.0 Å². The number of carbonyl (C=O) groups excluding carboxylic acids is 4. The molecule has 4 aromatic rings. The number of hydrogen-bond donors (Lipinski definition) is 4. The lowest BCUT2D eigenvalue weighted by molar-refractivity contribution is -0.122. The van der Waals surface area contributed by atoms with Crippen LogP contribution in [0.1, 0.15) is 26.7 Å². The van der Waals surface area contributed by atoms with E-state index in [1.165, 1.54) is 0 Å². The predicted molar refractivity (Wildman–Crippen MR) is 180 cm³/mol. The monoisotopic (exact) mass is 662 g/mol. The lowest BCUT2D eigenvalue weighted by Gasteiger charge is -2.16. The minimum Gasteiger partial charge on any atom is -0.479 e. The third kappa shape index (κ3) is 10.3.